The molecule has 0 radical (unpaired) electrons. The van der Waals surface area contributed by atoms with Gasteiger partial charge in [-0.15, -0.1) is 0 Å². The average Bonchev–Trinajstić information content (AvgIpc) is 2.15. The minimum Gasteiger partial charge on any atom is -0.412 e. The molecule has 0 bridgehead atoms. The Labute approximate surface area is 123 Å². The Kier molecular flexibility index (Phi) is 10.5. The molecule has 0 spiro atoms. The molecular formula is C9H13NaO5S2. The van der Waals surface area contributed by atoms with Crippen LogP contribution in [-0.4, -0.2) is 52.7 Å². The fraction of sp³-hybridized carbons (Fsp3) is 0.333. The van der Waals surface area contributed by atoms with Crippen molar-refractivity contribution in [3.8, 4) is 0 Å². The second kappa shape index (κ2) is 9.16. The van der Waals surface area contributed by atoms with Gasteiger partial charge < -0.3 is 5.48 Å². The minimum absolute atomic E-state index is 0. The molecule has 2 atom stereocenters. The van der Waals surface area contributed by atoms with Crippen LogP contribution in [0.4, 0.5) is 0 Å². The summed E-state index contributed by atoms with van der Waals surface area (Å²) in [6, 6.07) is 0. The van der Waals surface area contributed by atoms with Crippen LogP contribution >= 0.6 is 0 Å². The second-order valence-corrected chi connectivity index (χ2v) is 7.54. The van der Waals surface area contributed by atoms with E-state index < -0.39 is 9.05 Å². The Balaban J connectivity index is 0. The van der Waals surface area contributed by atoms with Crippen LogP contribution in [0.5, 0.6) is 0 Å². The van der Waals surface area contributed by atoms with E-state index in [1.54, 1.807) is 0 Å². The predicted octanol–water partition coefficient (Wildman–Crippen LogP) is 0.318. The summed E-state index contributed by atoms with van der Waals surface area (Å²) in [7, 11) is -3.83. The summed E-state index contributed by atoms with van der Waals surface area (Å²) >= 11 is 4.58. The molecule has 4 N–H and O–H groups in total. The van der Waals surface area contributed by atoms with E-state index in [0.717, 1.165) is 33.5 Å². The second-order valence-electron chi connectivity index (χ2n) is 3.52. The standard InChI is InChI=1S/C9H9O.Na.H2O3S2.H2O/c1-2-8-5-3-4-6-9(8)7-10;;1-5(2,3)4;/h2-6,8H,1H3;;(H2,1,2,3,4);1H2. The van der Waals surface area contributed by atoms with Gasteiger partial charge in [0.25, 0.3) is 9.05 Å². The molecule has 0 fully saturated rings. The van der Waals surface area contributed by atoms with Crippen molar-refractivity contribution in [1.29, 1.82) is 0 Å². The maximum absolute atomic E-state index is 10.4. The van der Waals surface area contributed by atoms with Gasteiger partial charge in [0, 0.05) is 11.2 Å². The van der Waals surface area contributed by atoms with Gasteiger partial charge >= 0.3 is 84.6 Å². The van der Waals surface area contributed by atoms with Crippen molar-refractivity contribution in [2.75, 3.05) is 0 Å². The first kappa shape index (κ1) is 19.5. The molecule has 0 aliphatic heterocycles. The molecular weight excluding hydrogens is 275 g/mol. The van der Waals surface area contributed by atoms with Crippen molar-refractivity contribution in [1.82, 2.24) is 0 Å². The van der Waals surface area contributed by atoms with Crippen LogP contribution in [0.25, 0.3) is 0 Å². The largest absolute Gasteiger partial charge is 0.412 e. The van der Waals surface area contributed by atoms with E-state index in [1.807, 2.05) is 24.2 Å². The Bertz CT molecular complexity index is 424. The van der Waals surface area contributed by atoms with Gasteiger partial charge in [0.1, 0.15) is 0 Å². The number of rotatable bonds is 1. The first-order valence-corrected chi connectivity index (χ1v) is 8.10. The number of hydrogen-bond acceptors (Lipinski definition) is 3. The van der Waals surface area contributed by atoms with Crippen molar-refractivity contribution >= 4 is 54.1 Å². The molecule has 0 saturated carbocycles. The molecule has 0 aromatic heterocycles. The zero-order chi connectivity index (χ0) is 12.8. The van der Waals surface area contributed by atoms with Crippen molar-refractivity contribution in [3.63, 3.8) is 0 Å². The van der Waals surface area contributed by atoms with E-state index in [9.17, 15) is 4.79 Å². The fourth-order valence-corrected chi connectivity index (χ4v) is 1.82. The molecule has 0 amide bonds. The summed E-state index contributed by atoms with van der Waals surface area (Å²) in [6.45, 7) is 2.16. The molecule has 1 aliphatic rings. The van der Waals surface area contributed by atoms with E-state index in [2.05, 4.69) is 24.2 Å². The van der Waals surface area contributed by atoms with E-state index in [1.165, 1.54) is 0 Å². The van der Waals surface area contributed by atoms with Crippen LogP contribution in [0.3, 0.4) is 0 Å². The maximum atomic E-state index is 10.4. The smallest absolute Gasteiger partial charge is 0.263 e. The van der Waals surface area contributed by atoms with Crippen LogP contribution in [0.1, 0.15) is 6.92 Å². The number of allylic oxidation sites excluding steroid dienone is 5. The van der Waals surface area contributed by atoms with E-state index in [0.29, 0.717) is 9.09 Å². The van der Waals surface area contributed by atoms with E-state index >= 15 is 0 Å². The van der Waals surface area contributed by atoms with Crippen molar-refractivity contribution in [2.24, 2.45) is 5.92 Å². The minimum atomic E-state index is -3.83. The zero-order valence-electron chi connectivity index (χ0n) is 9.49. The molecule has 0 aromatic carbocycles. The summed E-state index contributed by atoms with van der Waals surface area (Å²) in [5, 5.41) is 0. The summed E-state index contributed by atoms with van der Waals surface area (Å²) in [5.41, 5.74) is 0.801. The van der Waals surface area contributed by atoms with Crippen LogP contribution in [0, 0.1) is 5.92 Å². The van der Waals surface area contributed by atoms with Gasteiger partial charge in [0.15, 0.2) is 0 Å². The van der Waals surface area contributed by atoms with Gasteiger partial charge in [0.2, 0.25) is 0 Å². The maximum Gasteiger partial charge on any atom is 0.263 e. The zero-order valence-corrected chi connectivity index (χ0v) is 13.1. The third kappa shape index (κ3) is 11.0. The van der Waals surface area contributed by atoms with Crippen LogP contribution in [-0.2, 0) is 25.0 Å². The summed E-state index contributed by atoms with van der Waals surface area (Å²) in [4.78, 5) is 10.4. The Hall–Kier alpha value is 0.180. The molecule has 0 heterocycles. The fourth-order valence-electron chi connectivity index (χ4n) is 1.24. The van der Waals surface area contributed by atoms with Gasteiger partial charge in [-0.25, -0.2) is 0 Å². The number of carbonyl (C=O) groups excluding carboxylic acids is 1. The first-order chi connectivity index (χ1) is 7.25. The third-order valence-electron chi connectivity index (χ3n) is 1.90. The molecule has 0 aromatic rings. The molecule has 0 saturated heterocycles. The van der Waals surface area contributed by atoms with E-state index in [4.69, 9.17) is 13.3 Å². The Morgan fingerprint density at radius 2 is 2.00 bits per heavy atom. The summed E-state index contributed by atoms with van der Waals surface area (Å²) in [5.74, 6) is 2.31. The SMILES string of the molecule is C[CH]([Na])C1C=CC=CC1=C=O.O.O=S(O)(O)=S. The molecule has 1 aliphatic carbocycles. The van der Waals surface area contributed by atoms with Gasteiger partial charge in [-0.3, -0.25) is 9.11 Å². The van der Waals surface area contributed by atoms with Crippen molar-refractivity contribution in [2.45, 2.75) is 10.1 Å². The monoisotopic (exact) mass is 288 g/mol. The average molecular weight is 288 g/mol. The topological polar surface area (TPSA) is 106 Å². The quantitative estimate of drug-likeness (QED) is 0.534. The van der Waals surface area contributed by atoms with Crippen LogP contribution < -0.4 is 0 Å². The molecule has 5 nitrogen and oxygen atoms in total. The third-order valence-corrected chi connectivity index (χ3v) is 2.62. The van der Waals surface area contributed by atoms with Gasteiger partial charge in [-0.1, -0.05) is 0 Å². The van der Waals surface area contributed by atoms with Crippen LogP contribution in [0.15, 0.2) is 29.9 Å². The Morgan fingerprint density at radius 3 is 2.29 bits per heavy atom. The summed E-state index contributed by atoms with van der Waals surface area (Å²) in [6.07, 6.45) is 7.82. The van der Waals surface area contributed by atoms with E-state index in [-0.39, 0.29) is 5.48 Å². The van der Waals surface area contributed by atoms with Crippen molar-refractivity contribution in [3.05, 3.63) is 29.9 Å². The molecule has 17 heavy (non-hydrogen) atoms. The first-order valence-electron chi connectivity index (χ1n) is 4.55. The molecule has 92 valence electrons. The predicted molar refractivity (Wildman–Crippen MR) is 70.5 cm³/mol. The normalized spacial score (nSPS) is 19.6. The molecule has 8 heteroatoms. The van der Waals surface area contributed by atoms with Gasteiger partial charge in [0.05, 0.1) is 0 Å². The van der Waals surface area contributed by atoms with Crippen LogP contribution in [0.2, 0.25) is 3.17 Å². The van der Waals surface area contributed by atoms with Gasteiger partial charge in [-0.2, -0.15) is 4.21 Å². The van der Waals surface area contributed by atoms with Gasteiger partial charge in [-0.05, 0) is 0 Å². The van der Waals surface area contributed by atoms with Crippen molar-refractivity contribution < 1.29 is 23.6 Å². The number of hydrogen-bond donors (Lipinski definition) is 2. The molecule has 1 rings (SSSR count). The molecule has 2 unspecified atom stereocenters. The summed E-state index contributed by atoms with van der Waals surface area (Å²) < 4.78 is 24.6. The Morgan fingerprint density at radius 1 is 1.53 bits per heavy atom.